The molecular formula is C18H16O2. The van der Waals surface area contributed by atoms with Crippen LogP contribution >= 0.6 is 0 Å². The summed E-state index contributed by atoms with van der Waals surface area (Å²) in [5.41, 5.74) is 2.07. The van der Waals surface area contributed by atoms with Crippen molar-refractivity contribution in [1.29, 1.82) is 0 Å². The molecule has 0 fully saturated rings. The highest BCUT2D eigenvalue weighted by atomic mass is 16.5. The van der Waals surface area contributed by atoms with Crippen LogP contribution in [0.1, 0.15) is 11.1 Å². The Kier molecular flexibility index (Phi) is 3.66. The number of benzene rings is 3. The Morgan fingerprint density at radius 3 is 2.50 bits per heavy atom. The fourth-order valence-electron chi connectivity index (χ4n) is 2.29. The van der Waals surface area contributed by atoms with Gasteiger partial charge in [-0.05, 0) is 34.0 Å². The first-order chi connectivity index (χ1) is 9.86. The van der Waals surface area contributed by atoms with E-state index >= 15 is 0 Å². The molecule has 0 amide bonds. The van der Waals surface area contributed by atoms with Gasteiger partial charge < -0.3 is 9.84 Å². The fourth-order valence-corrected chi connectivity index (χ4v) is 2.29. The van der Waals surface area contributed by atoms with Crippen molar-refractivity contribution >= 4 is 10.8 Å². The lowest BCUT2D eigenvalue weighted by atomic mass is 10.0. The highest BCUT2D eigenvalue weighted by Gasteiger charge is 2.02. The van der Waals surface area contributed by atoms with E-state index in [9.17, 15) is 5.11 Å². The first-order valence-electron chi connectivity index (χ1n) is 6.66. The SMILES string of the molecule is OCc1cccc2ccc(OCc3ccccc3)cc12. The van der Waals surface area contributed by atoms with Crippen LogP contribution in [0.15, 0.2) is 66.7 Å². The van der Waals surface area contributed by atoms with Gasteiger partial charge in [0.15, 0.2) is 0 Å². The predicted octanol–water partition coefficient (Wildman–Crippen LogP) is 3.91. The van der Waals surface area contributed by atoms with Gasteiger partial charge in [-0.3, -0.25) is 0 Å². The first-order valence-corrected chi connectivity index (χ1v) is 6.66. The van der Waals surface area contributed by atoms with E-state index in [-0.39, 0.29) is 6.61 Å². The van der Waals surface area contributed by atoms with E-state index in [0.717, 1.165) is 27.6 Å². The molecule has 100 valence electrons. The second-order valence-electron chi connectivity index (χ2n) is 4.73. The largest absolute Gasteiger partial charge is 0.489 e. The van der Waals surface area contributed by atoms with Gasteiger partial charge in [-0.1, -0.05) is 54.6 Å². The smallest absolute Gasteiger partial charge is 0.120 e. The molecule has 0 spiro atoms. The van der Waals surface area contributed by atoms with Crippen LogP contribution in [-0.2, 0) is 13.2 Å². The summed E-state index contributed by atoms with van der Waals surface area (Å²) in [7, 11) is 0. The highest BCUT2D eigenvalue weighted by Crippen LogP contribution is 2.24. The molecule has 0 aliphatic rings. The monoisotopic (exact) mass is 264 g/mol. The molecule has 0 atom stereocenters. The van der Waals surface area contributed by atoms with Gasteiger partial charge in [-0.2, -0.15) is 0 Å². The van der Waals surface area contributed by atoms with Crippen molar-refractivity contribution in [2.45, 2.75) is 13.2 Å². The van der Waals surface area contributed by atoms with Gasteiger partial charge in [-0.15, -0.1) is 0 Å². The molecule has 1 N–H and O–H groups in total. The number of aliphatic hydroxyl groups is 1. The maximum atomic E-state index is 9.39. The molecular weight excluding hydrogens is 248 g/mol. The molecule has 3 rings (SSSR count). The minimum absolute atomic E-state index is 0.0411. The summed E-state index contributed by atoms with van der Waals surface area (Å²) in [6.45, 7) is 0.590. The Morgan fingerprint density at radius 2 is 1.70 bits per heavy atom. The van der Waals surface area contributed by atoms with Gasteiger partial charge in [0.25, 0.3) is 0 Å². The molecule has 3 aromatic rings. The van der Waals surface area contributed by atoms with E-state index in [1.807, 2.05) is 66.7 Å². The molecule has 0 heterocycles. The Bertz CT molecular complexity index is 705. The molecule has 0 aliphatic heterocycles. The van der Waals surface area contributed by atoms with E-state index in [1.165, 1.54) is 0 Å². The van der Waals surface area contributed by atoms with Crippen molar-refractivity contribution in [1.82, 2.24) is 0 Å². The van der Waals surface area contributed by atoms with Crippen LogP contribution in [0.5, 0.6) is 5.75 Å². The van der Waals surface area contributed by atoms with Crippen molar-refractivity contribution in [3.05, 3.63) is 77.9 Å². The Balaban J connectivity index is 1.85. The molecule has 0 unspecified atom stereocenters. The summed E-state index contributed by atoms with van der Waals surface area (Å²) in [6.07, 6.45) is 0. The molecule has 2 nitrogen and oxygen atoms in total. The summed E-state index contributed by atoms with van der Waals surface area (Å²) in [4.78, 5) is 0. The lowest BCUT2D eigenvalue weighted by Gasteiger charge is -2.09. The molecule has 0 aromatic heterocycles. The Morgan fingerprint density at radius 1 is 0.850 bits per heavy atom. The maximum Gasteiger partial charge on any atom is 0.120 e. The average molecular weight is 264 g/mol. The van der Waals surface area contributed by atoms with Crippen LogP contribution in [0.4, 0.5) is 0 Å². The van der Waals surface area contributed by atoms with E-state index in [4.69, 9.17) is 4.74 Å². The van der Waals surface area contributed by atoms with Gasteiger partial charge in [0, 0.05) is 0 Å². The number of ether oxygens (including phenoxy) is 1. The van der Waals surface area contributed by atoms with Gasteiger partial charge >= 0.3 is 0 Å². The van der Waals surface area contributed by atoms with Crippen LogP contribution in [-0.4, -0.2) is 5.11 Å². The van der Waals surface area contributed by atoms with Crippen molar-refractivity contribution in [2.24, 2.45) is 0 Å². The zero-order chi connectivity index (χ0) is 13.8. The first kappa shape index (κ1) is 12.7. The number of aliphatic hydroxyl groups excluding tert-OH is 1. The lowest BCUT2D eigenvalue weighted by molar-refractivity contribution is 0.283. The molecule has 0 saturated heterocycles. The number of fused-ring (bicyclic) bond motifs is 1. The van der Waals surface area contributed by atoms with Crippen LogP contribution in [0, 0.1) is 0 Å². The minimum Gasteiger partial charge on any atom is -0.489 e. The number of hydrogen-bond donors (Lipinski definition) is 1. The van der Waals surface area contributed by atoms with E-state index in [2.05, 4.69) is 0 Å². The molecule has 3 aromatic carbocycles. The predicted molar refractivity (Wildman–Crippen MR) is 80.6 cm³/mol. The highest BCUT2D eigenvalue weighted by molar-refractivity contribution is 5.86. The molecule has 0 bridgehead atoms. The van der Waals surface area contributed by atoms with E-state index in [1.54, 1.807) is 0 Å². The normalized spacial score (nSPS) is 10.7. The van der Waals surface area contributed by atoms with Crippen LogP contribution in [0.2, 0.25) is 0 Å². The molecule has 2 heteroatoms. The van der Waals surface area contributed by atoms with Crippen LogP contribution in [0.25, 0.3) is 10.8 Å². The molecule has 20 heavy (non-hydrogen) atoms. The summed E-state index contributed by atoms with van der Waals surface area (Å²) >= 11 is 0. The maximum absolute atomic E-state index is 9.39. The van der Waals surface area contributed by atoms with Gasteiger partial charge in [0.1, 0.15) is 12.4 Å². The second-order valence-corrected chi connectivity index (χ2v) is 4.73. The topological polar surface area (TPSA) is 29.5 Å². The zero-order valence-corrected chi connectivity index (χ0v) is 11.1. The summed E-state index contributed by atoms with van der Waals surface area (Å²) in [6, 6.07) is 22.0. The van der Waals surface area contributed by atoms with Crippen LogP contribution in [0.3, 0.4) is 0 Å². The fraction of sp³-hybridized carbons (Fsp3) is 0.111. The minimum atomic E-state index is 0.0411. The summed E-state index contributed by atoms with van der Waals surface area (Å²) in [5.74, 6) is 0.822. The lowest BCUT2D eigenvalue weighted by Crippen LogP contribution is -1.95. The van der Waals surface area contributed by atoms with Crippen LogP contribution < -0.4 is 4.74 Å². The van der Waals surface area contributed by atoms with Crippen molar-refractivity contribution in [3.63, 3.8) is 0 Å². The standard InChI is InChI=1S/C18H16O2/c19-12-16-8-4-7-15-9-10-17(11-18(15)16)20-13-14-5-2-1-3-6-14/h1-11,19H,12-13H2. The summed E-state index contributed by atoms with van der Waals surface area (Å²) < 4.78 is 5.82. The van der Waals surface area contributed by atoms with Crippen molar-refractivity contribution in [3.8, 4) is 5.75 Å². The van der Waals surface area contributed by atoms with Gasteiger partial charge in [-0.25, -0.2) is 0 Å². The van der Waals surface area contributed by atoms with Crippen molar-refractivity contribution in [2.75, 3.05) is 0 Å². The van der Waals surface area contributed by atoms with Gasteiger partial charge in [0.05, 0.1) is 6.61 Å². The summed E-state index contributed by atoms with van der Waals surface area (Å²) in [5, 5.41) is 11.6. The third kappa shape index (κ3) is 2.65. The van der Waals surface area contributed by atoms with Gasteiger partial charge in [0.2, 0.25) is 0 Å². The Hall–Kier alpha value is -2.32. The van der Waals surface area contributed by atoms with E-state index in [0.29, 0.717) is 6.61 Å². The quantitative estimate of drug-likeness (QED) is 0.774. The third-order valence-corrected chi connectivity index (χ3v) is 3.36. The Labute approximate surface area is 118 Å². The third-order valence-electron chi connectivity index (χ3n) is 3.36. The van der Waals surface area contributed by atoms with Crippen molar-refractivity contribution < 1.29 is 9.84 Å². The van der Waals surface area contributed by atoms with E-state index < -0.39 is 0 Å². The zero-order valence-electron chi connectivity index (χ0n) is 11.1. The number of rotatable bonds is 4. The molecule has 0 aliphatic carbocycles. The molecule has 0 saturated carbocycles. The number of hydrogen-bond acceptors (Lipinski definition) is 2. The molecule has 0 radical (unpaired) electrons. The second kappa shape index (κ2) is 5.76. The average Bonchev–Trinajstić information content (AvgIpc) is 2.53.